The molecule has 0 aromatic carbocycles. The van der Waals surface area contributed by atoms with E-state index in [1.165, 1.54) is 11.1 Å². The molecule has 3 aromatic rings. The largest absolute Gasteiger partial charge is 0.352 e. The van der Waals surface area contributed by atoms with Crippen LogP contribution in [0.2, 0.25) is 0 Å². The van der Waals surface area contributed by atoms with Crippen LogP contribution in [0.25, 0.3) is 0 Å². The maximum Gasteiger partial charge on any atom is 0.0948 e. The van der Waals surface area contributed by atoms with Crippen molar-refractivity contribution in [2.24, 2.45) is 0 Å². The predicted molar refractivity (Wildman–Crippen MR) is 96.1 cm³/mol. The van der Waals surface area contributed by atoms with Gasteiger partial charge in [0, 0.05) is 43.1 Å². The third-order valence-electron chi connectivity index (χ3n) is 4.57. The van der Waals surface area contributed by atoms with Crippen LogP contribution in [0.4, 0.5) is 0 Å². The first-order valence-corrected chi connectivity index (χ1v) is 8.69. The van der Waals surface area contributed by atoms with Crippen LogP contribution in [0.3, 0.4) is 0 Å². The summed E-state index contributed by atoms with van der Waals surface area (Å²) < 4.78 is 6.47. The van der Waals surface area contributed by atoms with Crippen LogP contribution in [0.15, 0.2) is 49.6 Å². The molecule has 3 heterocycles. The number of hydrogen-bond donors (Lipinski definition) is 0. The summed E-state index contributed by atoms with van der Waals surface area (Å²) in [5.41, 5.74) is 2.63. The number of nitrogens with zero attached hydrogens (tertiary/aromatic N) is 5. The van der Waals surface area contributed by atoms with Gasteiger partial charge in [-0.25, -0.2) is 4.98 Å². The van der Waals surface area contributed by atoms with E-state index in [2.05, 4.69) is 76.3 Å². The molecule has 2 atom stereocenters. The van der Waals surface area contributed by atoms with Gasteiger partial charge in [0.15, 0.2) is 0 Å². The normalized spacial score (nSPS) is 14.2. The van der Waals surface area contributed by atoms with Gasteiger partial charge in [0.1, 0.15) is 0 Å². The lowest BCUT2D eigenvalue weighted by molar-refractivity contribution is 0.486. The van der Waals surface area contributed by atoms with Crippen LogP contribution in [-0.2, 0) is 12.8 Å². The van der Waals surface area contributed by atoms with Gasteiger partial charge in [-0.1, -0.05) is 0 Å². The van der Waals surface area contributed by atoms with Crippen molar-refractivity contribution in [3.05, 3.63) is 60.7 Å². The molecule has 24 heavy (non-hydrogen) atoms. The molecule has 2 unspecified atom stereocenters. The summed E-state index contributed by atoms with van der Waals surface area (Å²) in [7, 11) is 0. The summed E-state index contributed by atoms with van der Waals surface area (Å²) in [6.07, 6.45) is 16.2. The first kappa shape index (κ1) is 16.6. The van der Waals surface area contributed by atoms with Crippen molar-refractivity contribution in [3.63, 3.8) is 0 Å². The molecule has 0 aliphatic heterocycles. The fourth-order valence-electron chi connectivity index (χ4n) is 3.04. The average molecular weight is 325 g/mol. The van der Waals surface area contributed by atoms with Crippen LogP contribution in [0.5, 0.6) is 0 Å². The number of imidazole rings is 1. The Bertz CT molecular complexity index is 750. The SMILES string of the molecule is CC(C)n1ccc(CC(C)n2cc(CC(C)n3ccnc3)cn2)c1. The van der Waals surface area contributed by atoms with Gasteiger partial charge >= 0.3 is 0 Å². The Morgan fingerprint density at radius 3 is 2.38 bits per heavy atom. The Balaban J connectivity index is 1.61. The number of aromatic nitrogens is 5. The fraction of sp³-hybridized carbons (Fsp3) is 0.474. The zero-order valence-electron chi connectivity index (χ0n) is 15.0. The molecule has 128 valence electrons. The minimum atomic E-state index is 0.352. The van der Waals surface area contributed by atoms with Gasteiger partial charge in [-0.15, -0.1) is 0 Å². The Morgan fingerprint density at radius 1 is 0.917 bits per heavy atom. The van der Waals surface area contributed by atoms with Crippen molar-refractivity contribution in [3.8, 4) is 0 Å². The molecule has 0 saturated heterocycles. The van der Waals surface area contributed by atoms with Crippen LogP contribution in [-0.4, -0.2) is 23.9 Å². The quantitative estimate of drug-likeness (QED) is 0.657. The molecular weight excluding hydrogens is 298 g/mol. The minimum Gasteiger partial charge on any atom is -0.352 e. The lowest BCUT2D eigenvalue weighted by Crippen LogP contribution is -2.09. The Morgan fingerprint density at radius 2 is 1.71 bits per heavy atom. The lowest BCUT2D eigenvalue weighted by Gasteiger charge is -2.12. The first-order chi connectivity index (χ1) is 11.5. The van der Waals surface area contributed by atoms with Gasteiger partial charge in [-0.05, 0) is 57.7 Å². The standard InChI is InChI=1S/C19H27N5/c1-15(2)22-7-5-18(12-22)10-17(4)24-13-19(11-21-24)9-16(3)23-8-6-20-14-23/h5-8,11-17H,9-10H2,1-4H3. The molecule has 0 amide bonds. The van der Waals surface area contributed by atoms with E-state index in [-0.39, 0.29) is 0 Å². The van der Waals surface area contributed by atoms with E-state index in [9.17, 15) is 0 Å². The fourth-order valence-corrected chi connectivity index (χ4v) is 3.04. The summed E-state index contributed by atoms with van der Waals surface area (Å²) in [4.78, 5) is 4.12. The van der Waals surface area contributed by atoms with E-state index < -0.39 is 0 Å². The van der Waals surface area contributed by atoms with E-state index in [1.54, 1.807) is 0 Å². The van der Waals surface area contributed by atoms with Gasteiger partial charge in [0.05, 0.1) is 18.6 Å². The second kappa shape index (κ2) is 7.07. The van der Waals surface area contributed by atoms with Gasteiger partial charge in [0.25, 0.3) is 0 Å². The molecule has 0 aliphatic rings. The molecule has 0 aliphatic carbocycles. The van der Waals surface area contributed by atoms with Crippen molar-refractivity contribution >= 4 is 0 Å². The van der Waals surface area contributed by atoms with Crippen LogP contribution < -0.4 is 0 Å². The Hall–Kier alpha value is -2.30. The third-order valence-corrected chi connectivity index (χ3v) is 4.57. The highest BCUT2D eigenvalue weighted by Gasteiger charge is 2.12. The molecule has 0 fully saturated rings. The van der Waals surface area contributed by atoms with Gasteiger partial charge in [0.2, 0.25) is 0 Å². The Kier molecular flexibility index (Phi) is 4.88. The van der Waals surface area contributed by atoms with E-state index in [4.69, 9.17) is 0 Å². The second-order valence-electron chi connectivity index (χ2n) is 7.01. The maximum absolute atomic E-state index is 4.57. The second-order valence-corrected chi connectivity index (χ2v) is 7.01. The van der Waals surface area contributed by atoms with Crippen molar-refractivity contribution in [2.45, 2.75) is 58.7 Å². The molecule has 3 aromatic heterocycles. The summed E-state index contributed by atoms with van der Waals surface area (Å²) in [6, 6.07) is 3.46. The molecule has 3 rings (SSSR count). The van der Waals surface area contributed by atoms with E-state index in [0.717, 1.165) is 12.8 Å². The molecule has 5 nitrogen and oxygen atoms in total. The van der Waals surface area contributed by atoms with Gasteiger partial charge in [-0.2, -0.15) is 5.10 Å². The van der Waals surface area contributed by atoms with E-state index in [0.29, 0.717) is 18.1 Å². The number of hydrogen-bond acceptors (Lipinski definition) is 2. The predicted octanol–water partition coefficient (Wildman–Crippen LogP) is 4.07. The highest BCUT2D eigenvalue weighted by molar-refractivity contribution is 5.13. The highest BCUT2D eigenvalue weighted by atomic mass is 15.3. The summed E-state index contributed by atoms with van der Waals surface area (Å²) in [5.74, 6) is 0. The lowest BCUT2D eigenvalue weighted by atomic mass is 10.1. The summed E-state index contributed by atoms with van der Waals surface area (Å²) >= 11 is 0. The highest BCUT2D eigenvalue weighted by Crippen LogP contribution is 2.18. The minimum absolute atomic E-state index is 0.352. The molecule has 0 N–H and O–H groups in total. The smallest absolute Gasteiger partial charge is 0.0948 e. The van der Waals surface area contributed by atoms with E-state index in [1.807, 2.05) is 24.9 Å². The molecule has 0 radical (unpaired) electrons. The van der Waals surface area contributed by atoms with Gasteiger partial charge < -0.3 is 9.13 Å². The van der Waals surface area contributed by atoms with Crippen LogP contribution in [0, 0.1) is 0 Å². The van der Waals surface area contributed by atoms with Crippen molar-refractivity contribution < 1.29 is 0 Å². The van der Waals surface area contributed by atoms with Gasteiger partial charge in [-0.3, -0.25) is 4.68 Å². The number of rotatable bonds is 7. The monoisotopic (exact) mass is 325 g/mol. The molecule has 0 bridgehead atoms. The maximum atomic E-state index is 4.57. The van der Waals surface area contributed by atoms with Crippen LogP contribution >= 0.6 is 0 Å². The molecule has 0 saturated carbocycles. The zero-order chi connectivity index (χ0) is 17.1. The molecule has 0 spiro atoms. The van der Waals surface area contributed by atoms with Crippen molar-refractivity contribution in [2.75, 3.05) is 0 Å². The first-order valence-electron chi connectivity index (χ1n) is 8.69. The molecular formula is C19H27N5. The molecule has 5 heteroatoms. The summed E-state index contributed by atoms with van der Waals surface area (Å²) in [6.45, 7) is 8.84. The Labute approximate surface area is 143 Å². The zero-order valence-corrected chi connectivity index (χ0v) is 15.0. The average Bonchev–Trinajstić information content (AvgIpc) is 3.28. The topological polar surface area (TPSA) is 40.6 Å². The van der Waals surface area contributed by atoms with Crippen LogP contribution in [0.1, 0.15) is 56.9 Å². The third kappa shape index (κ3) is 3.78. The van der Waals surface area contributed by atoms with Crippen molar-refractivity contribution in [1.29, 1.82) is 0 Å². The van der Waals surface area contributed by atoms with E-state index >= 15 is 0 Å². The van der Waals surface area contributed by atoms with Crippen molar-refractivity contribution in [1.82, 2.24) is 23.9 Å². The summed E-state index contributed by atoms with van der Waals surface area (Å²) in [5, 5.41) is 4.57.